The monoisotopic (exact) mass is 747 g/mol. The molecule has 0 radical (unpaired) electrons. The molecule has 0 aliphatic carbocycles. The number of rotatable bonds is 6. The van der Waals surface area contributed by atoms with Crippen molar-refractivity contribution in [3.8, 4) is 61.8 Å². The van der Waals surface area contributed by atoms with Gasteiger partial charge < -0.3 is 4.57 Å². The minimum atomic E-state index is -3.19. The summed E-state index contributed by atoms with van der Waals surface area (Å²) in [5.74, 6) is 0.556. The first-order valence-corrected chi connectivity index (χ1v) is 20.9. The molecule has 10 aromatic rings. The lowest BCUT2D eigenvalue weighted by Gasteiger charge is -2.16. The zero-order valence-electron chi connectivity index (χ0n) is 30.8. The number of benzene rings is 8. The van der Waals surface area contributed by atoms with Gasteiger partial charge in [-0.1, -0.05) is 188 Å². The molecule has 3 heterocycles. The predicted molar refractivity (Wildman–Crippen MR) is 237 cm³/mol. The molecule has 57 heavy (non-hydrogen) atoms. The first-order valence-electron chi connectivity index (χ1n) is 19.2. The molecule has 268 valence electrons. The normalized spacial score (nSPS) is 14.5. The van der Waals surface area contributed by atoms with E-state index in [1.807, 2.05) is 60.7 Å². The zero-order chi connectivity index (χ0) is 37.9. The van der Waals surface area contributed by atoms with Crippen LogP contribution in [0, 0.1) is 0 Å². The first kappa shape index (κ1) is 33.2. The second-order valence-corrected chi connectivity index (χ2v) is 17.2. The van der Waals surface area contributed by atoms with Crippen molar-refractivity contribution in [3.63, 3.8) is 0 Å². The lowest BCUT2D eigenvalue weighted by atomic mass is 10.0. The topological polar surface area (TPSA) is 47.8 Å². The maximum atomic E-state index is 15.7. The van der Waals surface area contributed by atoms with Crippen LogP contribution in [0.3, 0.4) is 0 Å². The molecule has 0 N–H and O–H groups in total. The molecule has 5 heteroatoms. The molecule has 0 amide bonds. The summed E-state index contributed by atoms with van der Waals surface area (Å²) in [5, 5.41) is 4.69. The second-order valence-electron chi connectivity index (χ2n) is 14.5. The molecule has 2 aromatic heterocycles. The Morgan fingerprint density at radius 1 is 0.404 bits per heavy atom. The molecule has 4 nitrogen and oxygen atoms in total. The fraction of sp³-hybridized carbons (Fsp3) is 0. The molecule has 1 aliphatic heterocycles. The molecule has 8 aromatic carbocycles. The first-order chi connectivity index (χ1) is 28.1. The Morgan fingerprint density at radius 2 is 0.895 bits per heavy atom. The third-order valence-electron chi connectivity index (χ3n) is 11.3. The van der Waals surface area contributed by atoms with E-state index in [0.29, 0.717) is 5.95 Å². The number of para-hydroxylation sites is 1. The van der Waals surface area contributed by atoms with Gasteiger partial charge in [-0.2, -0.15) is 0 Å². The van der Waals surface area contributed by atoms with E-state index in [0.717, 1.165) is 82.5 Å². The number of nitrogens with zero attached hydrogens (tertiary/aromatic N) is 3. The van der Waals surface area contributed by atoms with Crippen LogP contribution in [0.1, 0.15) is 0 Å². The Kier molecular flexibility index (Phi) is 7.73. The minimum absolute atomic E-state index is 0.556. The van der Waals surface area contributed by atoms with Crippen molar-refractivity contribution in [2.24, 2.45) is 0 Å². The smallest absolute Gasteiger partial charge is 0.235 e. The highest BCUT2D eigenvalue weighted by Crippen LogP contribution is 2.54. The standard InChI is InChI=1S/C52H34N3OP/c56-57(41-18-8-3-9-19-41)48-23-13-11-21-44(48)50-49(57)33-32-43-42-20-10-12-22-47(42)55(51(43)50)52-53-45(39-28-24-37(25-29-39)35-14-4-1-5-15-35)34-46(54-52)40-30-26-38(27-31-40)36-16-6-2-7-17-36/h1-34H. The largest absolute Gasteiger partial charge is 0.309 e. The molecule has 0 saturated carbocycles. The van der Waals surface area contributed by atoms with Gasteiger partial charge in [0.05, 0.1) is 22.4 Å². The van der Waals surface area contributed by atoms with Gasteiger partial charge in [-0.3, -0.25) is 4.57 Å². The van der Waals surface area contributed by atoms with Crippen LogP contribution in [0.25, 0.3) is 83.6 Å². The molecule has 0 saturated heterocycles. The van der Waals surface area contributed by atoms with Crippen molar-refractivity contribution in [1.29, 1.82) is 0 Å². The predicted octanol–water partition coefficient (Wildman–Crippen LogP) is 11.9. The van der Waals surface area contributed by atoms with Gasteiger partial charge in [0.15, 0.2) is 7.14 Å². The Hall–Kier alpha value is -7.13. The van der Waals surface area contributed by atoms with Gasteiger partial charge in [-0.25, -0.2) is 9.97 Å². The van der Waals surface area contributed by atoms with Crippen LogP contribution in [0.2, 0.25) is 0 Å². The van der Waals surface area contributed by atoms with Crippen molar-refractivity contribution < 1.29 is 4.57 Å². The van der Waals surface area contributed by atoms with E-state index in [9.17, 15) is 0 Å². The van der Waals surface area contributed by atoms with Crippen LogP contribution >= 0.6 is 7.14 Å². The molecule has 1 atom stereocenters. The summed E-state index contributed by atoms with van der Waals surface area (Å²) in [6.07, 6.45) is 0. The zero-order valence-corrected chi connectivity index (χ0v) is 31.7. The summed E-state index contributed by atoms with van der Waals surface area (Å²) >= 11 is 0. The summed E-state index contributed by atoms with van der Waals surface area (Å²) in [6, 6.07) is 71.0. The summed E-state index contributed by atoms with van der Waals surface area (Å²) in [6.45, 7) is 0. The van der Waals surface area contributed by atoms with E-state index in [2.05, 4.69) is 150 Å². The Bertz CT molecular complexity index is 3070. The van der Waals surface area contributed by atoms with Crippen LogP contribution < -0.4 is 15.9 Å². The fourth-order valence-electron chi connectivity index (χ4n) is 8.55. The highest BCUT2D eigenvalue weighted by atomic mass is 31.2. The maximum Gasteiger partial charge on any atom is 0.235 e. The van der Waals surface area contributed by atoms with Crippen LogP contribution in [0.15, 0.2) is 206 Å². The lowest BCUT2D eigenvalue weighted by Crippen LogP contribution is -2.20. The summed E-state index contributed by atoms with van der Waals surface area (Å²) in [4.78, 5) is 10.8. The average molecular weight is 748 g/mol. The summed E-state index contributed by atoms with van der Waals surface area (Å²) in [5.41, 5.74) is 12.1. The number of hydrogen-bond acceptors (Lipinski definition) is 3. The Labute approximate surface area is 330 Å². The minimum Gasteiger partial charge on any atom is -0.309 e. The van der Waals surface area contributed by atoms with Crippen molar-refractivity contribution in [2.75, 3.05) is 0 Å². The number of hydrogen-bond donors (Lipinski definition) is 0. The third-order valence-corrected chi connectivity index (χ3v) is 14.4. The van der Waals surface area contributed by atoms with E-state index in [1.54, 1.807) is 0 Å². The van der Waals surface area contributed by atoms with Crippen molar-refractivity contribution >= 4 is 44.9 Å². The average Bonchev–Trinajstić information content (AvgIpc) is 3.77. The highest BCUT2D eigenvalue weighted by Gasteiger charge is 2.42. The molecular formula is C52H34N3OP. The fourth-order valence-corrected chi connectivity index (χ4v) is 11.6. The van der Waals surface area contributed by atoms with Gasteiger partial charge in [-0.15, -0.1) is 0 Å². The van der Waals surface area contributed by atoms with Crippen LogP contribution in [-0.4, -0.2) is 14.5 Å². The third kappa shape index (κ3) is 5.33. The molecule has 0 bridgehead atoms. The maximum absolute atomic E-state index is 15.7. The van der Waals surface area contributed by atoms with Gasteiger partial charge in [-0.05, 0) is 46.0 Å². The number of aromatic nitrogens is 3. The van der Waals surface area contributed by atoms with E-state index in [-0.39, 0.29) is 0 Å². The lowest BCUT2D eigenvalue weighted by molar-refractivity contribution is 0.593. The van der Waals surface area contributed by atoms with Gasteiger partial charge in [0.2, 0.25) is 5.95 Å². The molecule has 1 aliphatic rings. The highest BCUT2D eigenvalue weighted by molar-refractivity contribution is 7.86. The summed E-state index contributed by atoms with van der Waals surface area (Å²) in [7, 11) is -3.19. The molecule has 0 spiro atoms. The SMILES string of the molecule is O=P1(c2ccccc2)c2ccccc2-c2c1ccc1c3ccccc3n(-c3nc(-c4ccc(-c5ccccc5)cc4)cc(-c4ccc(-c5ccccc5)cc4)n3)c21. The van der Waals surface area contributed by atoms with E-state index >= 15 is 4.57 Å². The van der Waals surface area contributed by atoms with Crippen molar-refractivity contribution in [2.45, 2.75) is 0 Å². The van der Waals surface area contributed by atoms with E-state index < -0.39 is 7.14 Å². The van der Waals surface area contributed by atoms with E-state index in [1.165, 1.54) is 11.1 Å². The Balaban J connectivity index is 1.18. The van der Waals surface area contributed by atoms with E-state index in [4.69, 9.17) is 9.97 Å². The van der Waals surface area contributed by atoms with Gasteiger partial charge in [0.25, 0.3) is 0 Å². The van der Waals surface area contributed by atoms with Gasteiger partial charge in [0, 0.05) is 43.4 Å². The molecule has 1 unspecified atom stereocenters. The van der Waals surface area contributed by atoms with Gasteiger partial charge >= 0.3 is 0 Å². The van der Waals surface area contributed by atoms with Crippen LogP contribution in [0.5, 0.6) is 0 Å². The molecule has 0 fully saturated rings. The van der Waals surface area contributed by atoms with Crippen LogP contribution in [-0.2, 0) is 4.57 Å². The quantitative estimate of drug-likeness (QED) is 0.159. The van der Waals surface area contributed by atoms with Crippen molar-refractivity contribution in [3.05, 3.63) is 206 Å². The molecular weight excluding hydrogens is 714 g/mol. The van der Waals surface area contributed by atoms with Crippen LogP contribution in [0.4, 0.5) is 0 Å². The van der Waals surface area contributed by atoms with Crippen molar-refractivity contribution in [1.82, 2.24) is 14.5 Å². The number of fused-ring (bicyclic) bond motifs is 7. The Morgan fingerprint density at radius 3 is 1.51 bits per heavy atom. The second kappa shape index (κ2) is 13.3. The summed E-state index contributed by atoms with van der Waals surface area (Å²) < 4.78 is 17.9. The molecule has 11 rings (SSSR count). The van der Waals surface area contributed by atoms with Gasteiger partial charge in [0.1, 0.15) is 0 Å².